The molecule has 1 aromatic rings. The summed E-state index contributed by atoms with van der Waals surface area (Å²) in [5.74, 6) is -0.556. The van der Waals surface area contributed by atoms with E-state index in [1.807, 2.05) is 6.92 Å². The van der Waals surface area contributed by atoms with Crippen LogP contribution in [0.2, 0.25) is 0 Å². The summed E-state index contributed by atoms with van der Waals surface area (Å²) < 4.78 is 0. The van der Waals surface area contributed by atoms with Gasteiger partial charge in [0.05, 0.1) is 5.56 Å². The van der Waals surface area contributed by atoms with Gasteiger partial charge in [-0.2, -0.15) is 0 Å². The highest BCUT2D eigenvalue weighted by Gasteiger charge is 2.24. The third-order valence-electron chi connectivity index (χ3n) is 3.78. The van der Waals surface area contributed by atoms with Crippen LogP contribution >= 0.6 is 0 Å². The first kappa shape index (κ1) is 15.4. The lowest BCUT2D eigenvalue weighted by atomic mass is 10.1. The summed E-state index contributed by atoms with van der Waals surface area (Å²) in [6.45, 7) is 5.05. The summed E-state index contributed by atoms with van der Waals surface area (Å²) >= 11 is 0. The molecular weight excluding hydrogens is 268 g/mol. The molecule has 0 radical (unpaired) electrons. The Labute approximate surface area is 125 Å². The van der Waals surface area contributed by atoms with Gasteiger partial charge in [-0.15, -0.1) is 0 Å². The van der Waals surface area contributed by atoms with Gasteiger partial charge in [-0.05, 0) is 45.2 Å². The molecule has 0 aliphatic carbocycles. The Morgan fingerprint density at radius 1 is 1.24 bits per heavy atom. The molecule has 0 aromatic heterocycles. The lowest BCUT2D eigenvalue weighted by Gasteiger charge is -2.29. The number of rotatable bonds is 3. The Kier molecular flexibility index (Phi) is 4.83. The number of aromatic hydroxyl groups is 1. The average Bonchev–Trinajstić information content (AvgIpc) is 2.49. The first-order valence-corrected chi connectivity index (χ1v) is 7.38. The van der Waals surface area contributed by atoms with E-state index in [4.69, 9.17) is 0 Å². The Morgan fingerprint density at radius 3 is 2.57 bits per heavy atom. The van der Waals surface area contributed by atoms with E-state index in [0.717, 1.165) is 37.9 Å². The molecule has 1 heterocycles. The SMILES string of the molecule is Cc1ccc(O)c(C(=O)NC(C)C(=O)N2CCCCC2)c1. The number of hydrogen-bond donors (Lipinski definition) is 2. The maximum absolute atomic E-state index is 12.3. The third-order valence-corrected chi connectivity index (χ3v) is 3.78. The van der Waals surface area contributed by atoms with E-state index >= 15 is 0 Å². The zero-order valence-corrected chi connectivity index (χ0v) is 12.6. The zero-order chi connectivity index (χ0) is 15.4. The molecule has 1 unspecified atom stereocenters. The van der Waals surface area contributed by atoms with Crippen LogP contribution in [0, 0.1) is 6.92 Å². The number of piperidine rings is 1. The number of aryl methyl sites for hydroxylation is 1. The Bertz CT molecular complexity index is 536. The number of carbonyl (C=O) groups is 2. The van der Waals surface area contributed by atoms with Crippen LogP contribution in [0.15, 0.2) is 18.2 Å². The first-order valence-electron chi connectivity index (χ1n) is 7.38. The molecule has 1 fully saturated rings. The van der Waals surface area contributed by atoms with Gasteiger partial charge in [-0.1, -0.05) is 11.6 Å². The molecule has 0 bridgehead atoms. The highest BCUT2D eigenvalue weighted by molar-refractivity contribution is 5.99. The average molecular weight is 290 g/mol. The van der Waals surface area contributed by atoms with E-state index in [1.54, 1.807) is 24.0 Å². The number of amides is 2. The number of benzene rings is 1. The van der Waals surface area contributed by atoms with Crippen molar-refractivity contribution in [1.29, 1.82) is 0 Å². The molecule has 2 rings (SSSR count). The summed E-state index contributed by atoms with van der Waals surface area (Å²) in [5, 5.41) is 12.4. The van der Waals surface area contributed by atoms with Crippen molar-refractivity contribution in [2.75, 3.05) is 13.1 Å². The number of phenolic OH excluding ortho intramolecular Hbond substituents is 1. The van der Waals surface area contributed by atoms with Crippen molar-refractivity contribution in [3.8, 4) is 5.75 Å². The second kappa shape index (κ2) is 6.61. The maximum atomic E-state index is 12.3. The minimum atomic E-state index is -0.587. The van der Waals surface area contributed by atoms with E-state index < -0.39 is 11.9 Å². The van der Waals surface area contributed by atoms with E-state index in [0.29, 0.717) is 0 Å². The molecule has 0 spiro atoms. The van der Waals surface area contributed by atoms with Crippen molar-refractivity contribution < 1.29 is 14.7 Å². The van der Waals surface area contributed by atoms with Gasteiger partial charge in [0.1, 0.15) is 11.8 Å². The van der Waals surface area contributed by atoms with Gasteiger partial charge in [-0.3, -0.25) is 9.59 Å². The number of carbonyl (C=O) groups excluding carboxylic acids is 2. The van der Waals surface area contributed by atoms with Crippen molar-refractivity contribution in [3.05, 3.63) is 29.3 Å². The van der Waals surface area contributed by atoms with Gasteiger partial charge in [-0.25, -0.2) is 0 Å². The molecular formula is C16H22N2O3. The first-order chi connectivity index (χ1) is 9.99. The van der Waals surface area contributed by atoms with Gasteiger partial charge in [0.25, 0.3) is 5.91 Å². The Hall–Kier alpha value is -2.04. The summed E-state index contributed by atoms with van der Waals surface area (Å²) in [6.07, 6.45) is 3.19. The number of hydrogen-bond acceptors (Lipinski definition) is 3. The minimum absolute atomic E-state index is 0.0600. The van der Waals surface area contributed by atoms with Crippen LogP contribution < -0.4 is 5.32 Å². The van der Waals surface area contributed by atoms with Gasteiger partial charge in [0.15, 0.2) is 0 Å². The molecule has 1 aliphatic heterocycles. The molecule has 5 heteroatoms. The normalized spacial score (nSPS) is 16.4. The summed E-state index contributed by atoms with van der Waals surface area (Å²) in [5.41, 5.74) is 1.08. The van der Waals surface area contributed by atoms with Gasteiger partial charge in [0, 0.05) is 13.1 Å². The van der Waals surface area contributed by atoms with Crippen LogP contribution in [0.3, 0.4) is 0 Å². The van der Waals surface area contributed by atoms with Gasteiger partial charge in [0.2, 0.25) is 5.91 Å². The predicted octanol–water partition coefficient (Wildman–Crippen LogP) is 1.83. The van der Waals surface area contributed by atoms with Crippen molar-refractivity contribution in [2.45, 2.75) is 39.2 Å². The van der Waals surface area contributed by atoms with Crippen LogP contribution in [0.1, 0.15) is 42.1 Å². The van der Waals surface area contributed by atoms with Crippen LogP contribution in [0.4, 0.5) is 0 Å². The van der Waals surface area contributed by atoms with Crippen LogP contribution in [-0.4, -0.2) is 41.0 Å². The lowest BCUT2D eigenvalue weighted by Crippen LogP contribution is -2.48. The maximum Gasteiger partial charge on any atom is 0.255 e. The molecule has 5 nitrogen and oxygen atoms in total. The van der Waals surface area contributed by atoms with Crippen molar-refractivity contribution >= 4 is 11.8 Å². The molecule has 114 valence electrons. The van der Waals surface area contributed by atoms with Gasteiger partial charge < -0.3 is 15.3 Å². The molecule has 2 N–H and O–H groups in total. The fourth-order valence-electron chi connectivity index (χ4n) is 2.56. The standard InChI is InChI=1S/C16H22N2O3/c1-11-6-7-14(19)13(10-11)15(20)17-12(2)16(21)18-8-4-3-5-9-18/h6-7,10,12,19H,3-5,8-9H2,1-2H3,(H,17,20). The molecule has 1 aromatic carbocycles. The van der Waals surface area contributed by atoms with E-state index in [-0.39, 0.29) is 17.2 Å². The molecule has 0 saturated carbocycles. The predicted molar refractivity (Wildman–Crippen MR) is 80.2 cm³/mol. The molecule has 1 aliphatic rings. The second-order valence-corrected chi connectivity index (χ2v) is 5.60. The number of nitrogens with one attached hydrogen (secondary N) is 1. The topological polar surface area (TPSA) is 69.6 Å². The van der Waals surface area contributed by atoms with Crippen LogP contribution in [-0.2, 0) is 4.79 Å². The highest BCUT2D eigenvalue weighted by atomic mass is 16.3. The molecule has 1 atom stereocenters. The fourth-order valence-corrected chi connectivity index (χ4v) is 2.56. The van der Waals surface area contributed by atoms with Crippen molar-refractivity contribution in [1.82, 2.24) is 10.2 Å². The number of nitrogens with zero attached hydrogens (tertiary/aromatic N) is 1. The number of phenols is 1. The lowest BCUT2D eigenvalue weighted by molar-refractivity contribution is -0.133. The van der Waals surface area contributed by atoms with Crippen LogP contribution in [0.25, 0.3) is 0 Å². The monoisotopic (exact) mass is 290 g/mol. The third kappa shape index (κ3) is 3.74. The molecule has 2 amide bonds. The van der Waals surface area contributed by atoms with E-state index in [1.165, 1.54) is 6.07 Å². The van der Waals surface area contributed by atoms with Crippen molar-refractivity contribution in [2.24, 2.45) is 0 Å². The van der Waals surface area contributed by atoms with Crippen LogP contribution in [0.5, 0.6) is 5.75 Å². The zero-order valence-electron chi connectivity index (χ0n) is 12.6. The number of likely N-dealkylation sites (tertiary alicyclic amines) is 1. The highest BCUT2D eigenvalue weighted by Crippen LogP contribution is 2.18. The second-order valence-electron chi connectivity index (χ2n) is 5.60. The fraction of sp³-hybridized carbons (Fsp3) is 0.500. The summed E-state index contributed by atoms with van der Waals surface area (Å²) in [7, 11) is 0. The van der Waals surface area contributed by atoms with E-state index in [2.05, 4.69) is 5.32 Å². The Balaban J connectivity index is 2.01. The summed E-state index contributed by atoms with van der Waals surface area (Å²) in [6, 6.07) is 4.24. The minimum Gasteiger partial charge on any atom is -0.507 e. The molecule has 1 saturated heterocycles. The van der Waals surface area contributed by atoms with E-state index in [9.17, 15) is 14.7 Å². The largest absolute Gasteiger partial charge is 0.507 e. The quantitative estimate of drug-likeness (QED) is 0.892. The van der Waals surface area contributed by atoms with Gasteiger partial charge >= 0.3 is 0 Å². The molecule has 21 heavy (non-hydrogen) atoms. The smallest absolute Gasteiger partial charge is 0.255 e. The summed E-state index contributed by atoms with van der Waals surface area (Å²) in [4.78, 5) is 26.2. The van der Waals surface area contributed by atoms with Crippen molar-refractivity contribution in [3.63, 3.8) is 0 Å². The Morgan fingerprint density at radius 2 is 1.90 bits per heavy atom.